The molecule has 1 aromatic carbocycles. The second-order valence-electron chi connectivity index (χ2n) is 6.86. The van der Waals surface area contributed by atoms with E-state index in [0.29, 0.717) is 17.9 Å². The maximum atomic E-state index is 12.9. The molecule has 0 radical (unpaired) electrons. The van der Waals surface area contributed by atoms with Crippen molar-refractivity contribution in [2.45, 2.75) is 30.3 Å². The van der Waals surface area contributed by atoms with Crippen molar-refractivity contribution in [3.05, 3.63) is 59.9 Å². The standard InChI is InChI=1S/C19H20N4O3S/c1-22(19-16-6-2-3-7-17(16)27(25,26)21-19)13-18(24)23(15-8-9-15)12-14-5-4-10-20-11-14/h2-7,10-11,15H,8-9,12-13H2,1H3. The molecule has 0 atom stereocenters. The monoisotopic (exact) mass is 384 g/mol. The Morgan fingerprint density at radius 3 is 2.67 bits per heavy atom. The van der Waals surface area contributed by atoms with E-state index in [2.05, 4.69) is 9.38 Å². The van der Waals surface area contributed by atoms with Crippen LogP contribution in [-0.4, -0.2) is 54.6 Å². The molecule has 0 bridgehead atoms. The van der Waals surface area contributed by atoms with Crippen molar-refractivity contribution in [2.75, 3.05) is 13.6 Å². The van der Waals surface area contributed by atoms with Crippen molar-refractivity contribution in [1.82, 2.24) is 14.8 Å². The normalized spacial score (nSPS) is 17.1. The van der Waals surface area contributed by atoms with E-state index in [1.54, 1.807) is 42.5 Å². The van der Waals surface area contributed by atoms with Crippen LogP contribution in [0.1, 0.15) is 24.0 Å². The fourth-order valence-electron chi connectivity index (χ4n) is 3.23. The minimum Gasteiger partial charge on any atom is -0.349 e. The van der Waals surface area contributed by atoms with Crippen LogP contribution in [0.3, 0.4) is 0 Å². The predicted octanol–water partition coefficient (Wildman–Crippen LogP) is 1.65. The van der Waals surface area contributed by atoms with E-state index in [-0.39, 0.29) is 23.4 Å². The number of amides is 1. The number of amidine groups is 1. The van der Waals surface area contributed by atoms with Gasteiger partial charge in [-0.25, -0.2) is 0 Å². The summed E-state index contributed by atoms with van der Waals surface area (Å²) in [5.41, 5.74) is 1.52. The number of sulfonamides is 1. The van der Waals surface area contributed by atoms with Crippen LogP contribution in [0.25, 0.3) is 0 Å². The SMILES string of the molecule is CN(CC(=O)N(Cc1cccnc1)C1CC1)C1=NS(=O)(=O)c2ccccc21. The molecule has 1 aliphatic heterocycles. The summed E-state index contributed by atoms with van der Waals surface area (Å²) in [6.45, 7) is 0.575. The Balaban J connectivity index is 1.52. The van der Waals surface area contributed by atoms with E-state index in [0.717, 1.165) is 18.4 Å². The van der Waals surface area contributed by atoms with Gasteiger partial charge in [0.2, 0.25) is 5.91 Å². The summed E-state index contributed by atoms with van der Waals surface area (Å²) in [4.78, 5) is 20.7. The molecule has 0 saturated heterocycles. The van der Waals surface area contributed by atoms with Gasteiger partial charge in [0, 0.05) is 37.6 Å². The van der Waals surface area contributed by atoms with Crippen LogP contribution in [0.2, 0.25) is 0 Å². The minimum absolute atomic E-state index is 0.0478. The third-order valence-corrected chi connectivity index (χ3v) is 6.06. The predicted molar refractivity (Wildman–Crippen MR) is 101 cm³/mol. The molecule has 8 heteroatoms. The van der Waals surface area contributed by atoms with Crippen molar-refractivity contribution in [2.24, 2.45) is 4.40 Å². The smallest absolute Gasteiger partial charge is 0.285 e. The van der Waals surface area contributed by atoms with Crippen LogP contribution in [0.15, 0.2) is 58.1 Å². The van der Waals surface area contributed by atoms with Crippen LogP contribution in [0, 0.1) is 0 Å². The molecule has 2 heterocycles. The molecule has 0 N–H and O–H groups in total. The average Bonchev–Trinajstić information content (AvgIpc) is 3.46. The molecule has 2 aliphatic rings. The summed E-state index contributed by atoms with van der Waals surface area (Å²) < 4.78 is 28.3. The summed E-state index contributed by atoms with van der Waals surface area (Å²) >= 11 is 0. The molecule has 1 aromatic heterocycles. The van der Waals surface area contributed by atoms with Crippen molar-refractivity contribution in [3.63, 3.8) is 0 Å². The highest BCUT2D eigenvalue weighted by molar-refractivity contribution is 7.90. The first kappa shape index (κ1) is 17.7. The van der Waals surface area contributed by atoms with Gasteiger partial charge in [-0.15, -0.1) is 4.40 Å². The second kappa shape index (κ2) is 6.77. The van der Waals surface area contributed by atoms with E-state index in [1.165, 1.54) is 6.07 Å². The highest BCUT2D eigenvalue weighted by Gasteiger charge is 2.35. The topological polar surface area (TPSA) is 82.9 Å². The molecule has 0 unspecified atom stereocenters. The zero-order valence-electron chi connectivity index (χ0n) is 14.9. The zero-order valence-corrected chi connectivity index (χ0v) is 15.8. The second-order valence-corrected chi connectivity index (χ2v) is 8.43. The summed E-state index contributed by atoms with van der Waals surface area (Å²) in [6, 6.07) is 10.7. The first-order chi connectivity index (χ1) is 13.0. The molecule has 4 rings (SSSR count). The Labute approximate surface area is 158 Å². The number of pyridine rings is 1. The maximum absolute atomic E-state index is 12.9. The molecule has 0 spiro atoms. The molecule has 1 saturated carbocycles. The number of carbonyl (C=O) groups excluding carboxylic acids is 1. The van der Waals surface area contributed by atoms with Gasteiger partial charge in [0.25, 0.3) is 10.0 Å². The number of aromatic nitrogens is 1. The van der Waals surface area contributed by atoms with E-state index < -0.39 is 10.0 Å². The number of nitrogens with zero attached hydrogens (tertiary/aromatic N) is 4. The lowest BCUT2D eigenvalue weighted by Crippen LogP contribution is -2.41. The van der Waals surface area contributed by atoms with Crippen LogP contribution in [-0.2, 0) is 21.4 Å². The van der Waals surface area contributed by atoms with Gasteiger partial charge in [-0.1, -0.05) is 18.2 Å². The quantitative estimate of drug-likeness (QED) is 0.783. The van der Waals surface area contributed by atoms with E-state index in [4.69, 9.17) is 0 Å². The highest BCUT2D eigenvalue weighted by Crippen LogP contribution is 2.30. The van der Waals surface area contributed by atoms with E-state index in [1.807, 2.05) is 17.0 Å². The summed E-state index contributed by atoms with van der Waals surface area (Å²) in [7, 11) is -2.00. The lowest BCUT2D eigenvalue weighted by Gasteiger charge is -2.26. The number of fused-ring (bicyclic) bond motifs is 1. The molecular weight excluding hydrogens is 364 g/mol. The average molecular weight is 384 g/mol. The lowest BCUT2D eigenvalue weighted by molar-refractivity contribution is -0.132. The number of likely N-dealkylation sites (N-methyl/N-ethyl adjacent to an activating group) is 1. The zero-order chi connectivity index (χ0) is 19.0. The van der Waals surface area contributed by atoms with Crippen LogP contribution in [0.5, 0.6) is 0 Å². The van der Waals surface area contributed by atoms with Gasteiger partial charge in [-0.2, -0.15) is 8.42 Å². The number of benzene rings is 1. The Morgan fingerprint density at radius 2 is 1.96 bits per heavy atom. The van der Waals surface area contributed by atoms with Gasteiger partial charge in [0.15, 0.2) is 5.84 Å². The van der Waals surface area contributed by atoms with Gasteiger partial charge in [0.05, 0.1) is 6.54 Å². The first-order valence-electron chi connectivity index (χ1n) is 8.79. The van der Waals surface area contributed by atoms with Crippen molar-refractivity contribution < 1.29 is 13.2 Å². The summed E-state index contributed by atoms with van der Waals surface area (Å²) in [5.74, 6) is 0.268. The fourth-order valence-corrected chi connectivity index (χ4v) is 4.48. The molecule has 27 heavy (non-hydrogen) atoms. The number of hydrogen-bond donors (Lipinski definition) is 0. The largest absolute Gasteiger partial charge is 0.349 e. The molecule has 1 amide bonds. The van der Waals surface area contributed by atoms with Crippen LogP contribution in [0.4, 0.5) is 0 Å². The molecule has 7 nitrogen and oxygen atoms in total. The van der Waals surface area contributed by atoms with Crippen LogP contribution >= 0.6 is 0 Å². The summed E-state index contributed by atoms with van der Waals surface area (Å²) in [5, 5.41) is 0. The number of rotatable bonds is 5. The highest BCUT2D eigenvalue weighted by atomic mass is 32.2. The Bertz CT molecular complexity index is 1000. The molecule has 1 fully saturated rings. The third-order valence-electron chi connectivity index (χ3n) is 4.73. The Morgan fingerprint density at radius 1 is 1.19 bits per heavy atom. The number of carbonyl (C=O) groups is 1. The third kappa shape index (κ3) is 3.57. The van der Waals surface area contributed by atoms with Gasteiger partial charge < -0.3 is 9.80 Å². The van der Waals surface area contributed by atoms with Crippen molar-refractivity contribution >= 4 is 21.8 Å². The van der Waals surface area contributed by atoms with Gasteiger partial charge in [-0.05, 0) is 36.6 Å². The Hall–Kier alpha value is -2.74. The van der Waals surface area contributed by atoms with E-state index in [9.17, 15) is 13.2 Å². The van der Waals surface area contributed by atoms with Gasteiger partial charge >= 0.3 is 0 Å². The molecular formula is C19H20N4O3S. The number of hydrogen-bond acceptors (Lipinski definition) is 5. The van der Waals surface area contributed by atoms with Gasteiger partial charge in [-0.3, -0.25) is 9.78 Å². The Kier molecular flexibility index (Phi) is 4.43. The molecule has 1 aliphatic carbocycles. The van der Waals surface area contributed by atoms with Crippen LogP contribution < -0.4 is 0 Å². The fraction of sp³-hybridized carbons (Fsp3) is 0.316. The lowest BCUT2D eigenvalue weighted by atomic mass is 10.2. The molecule has 2 aromatic rings. The van der Waals surface area contributed by atoms with Gasteiger partial charge in [0.1, 0.15) is 4.90 Å². The minimum atomic E-state index is -3.70. The first-order valence-corrected chi connectivity index (χ1v) is 10.2. The van der Waals surface area contributed by atoms with Crippen molar-refractivity contribution in [3.8, 4) is 0 Å². The maximum Gasteiger partial charge on any atom is 0.285 e. The van der Waals surface area contributed by atoms with Crippen molar-refractivity contribution in [1.29, 1.82) is 0 Å². The van der Waals surface area contributed by atoms with E-state index >= 15 is 0 Å². The summed E-state index contributed by atoms with van der Waals surface area (Å²) in [6.07, 6.45) is 5.45. The molecule has 140 valence electrons.